The molecule has 4 nitrogen and oxygen atoms in total. The van der Waals surface area contributed by atoms with Gasteiger partial charge in [-0.1, -0.05) is 6.07 Å². The summed E-state index contributed by atoms with van der Waals surface area (Å²) in [6.45, 7) is 3.99. The third-order valence-electron chi connectivity index (χ3n) is 2.63. The summed E-state index contributed by atoms with van der Waals surface area (Å²) in [5.41, 5.74) is 2.86. The predicted octanol–water partition coefficient (Wildman–Crippen LogP) is 3.11. The van der Waals surface area contributed by atoms with Gasteiger partial charge in [0, 0.05) is 5.56 Å². The van der Waals surface area contributed by atoms with Crippen molar-refractivity contribution in [3.8, 4) is 0 Å². The van der Waals surface area contributed by atoms with Gasteiger partial charge in [-0.25, -0.2) is 9.97 Å². The Kier molecular flexibility index (Phi) is 3.72. The lowest BCUT2D eigenvalue weighted by Gasteiger charge is -2.06. The first-order valence-corrected chi connectivity index (χ1v) is 6.22. The van der Waals surface area contributed by atoms with Crippen LogP contribution in [-0.4, -0.2) is 15.9 Å². The Morgan fingerprint density at radius 2 is 1.94 bits per heavy atom. The number of benzene rings is 1. The number of amides is 1. The zero-order valence-electron chi connectivity index (χ0n) is 10.1. The Morgan fingerprint density at radius 3 is 2.56 bits per heavy atom. The topological polar surface area (TPSA) is 54.9 Å². The molecule has 0 aliphatic rings. The van der Waals surface area contributed by atoms with Crippen LogP contribution in [0, 0.1) is 13.8 Å². The number of aromatic nitrogens is 2. The summed E-state index contributed by atoms with van der Waals surface area (Å²) < 4.78 is 0.631. The monoisotopic (exact) mass is 305 g/mol. The number of aryl methyl sites for hydroxylation is 2. The smallest absolute Gasteiger partial charge is 0.256 e. The van der Waals surface area contributed by atoms with E-state index in [1.54, 1.807) is 6.07 Å². The first kappa shape index (κ1) is 12.7. The minimum atomic E-state index is -0.185. The highest BCUT2D eigenvalue weighted by atomic mass is 79.9. The summed E-state index contributed by atoms with van der Waals surface area (Å²) in [6.07, 6.45) is 3.04. The van der Waals surface area contributed by atoms with Crippen LogP contribution in [0.2, 0.25) is 0 Å². The summed E-state index contributed by atoms with van der Waals surface area (Å²) in [4.78, 5) is 20.0. The number of carbonyl (C=O) groups excluding carboxylic acids is 1. The Labute approximate surface area is 114 Å². The largest absolute Gasteiger partial charge is 0.305 e. The summed E-state index contributed by atoms with van der Waals surface area (Å²) in [5.74, 6) is 0.246. The molecule has 1 N–H and O–H groups in total. The molecule has 0 saturated carbocycles. The summed E-state index contributed by atoms with van der Waals surface area (Å²) >= 11 is 3.19. The van der Waals surface area contributed by atoms with Crippen LogP contribution in [-0.2, 0) is 0 Å². The lowest BCUT2D eigenvalue weighted by Crippen LogP contribution is -2.13. The summed E-state index contributed by atoms with van der Waals surface area (Å²) in [7, 11) is 0. The van der Waals surface area contributed by atoms with Gasteiger partial charge in [-0.3, -0.25) is 4.79 Å². The van der Waals surface area contributed by atoms with E-state index in [4.69, 9.17) is 0 Å². The van der Waals surface area contributed by atoms with Gasteiger partial charge >= 0.3 is 0 Å². The average Bonchev–Trinajstić information content (AvgIpc) is 2.35. The van der Waals surface area contributed by atoms with Gasteiger partial charge in [-0.2, -0.15) is 0 Å². The van der Waals surface area contributed by atoms with Crippen LogP contribution < -0.4 is 5.32 Å². The fraction of sp³-hybridized carbons (Fsp3) is 0.154. The number of carbonyl (C=O) groups is 1. The van der Waals surface area contributed by atoms with Crippen molar-refractivity contribution >= 4 is 27.7 Å². The molecule has 0 unspecified atom stereocenters. The van der Waals surface area contributed by atoms with E-state index in [0.29, 0.717) is 16.0 Å². The van der Waals surface area contributed by atoms with Crippen molar-refractivity contribution in [1.29, 1.82) is 0 Å². The van der Waals surface area contributed by atoms with Crippen LogP contribution in [0.15, 0.2) is 35.2 Å². The van der Waals surface area contributed by atoms with Crippen LogP contribution in [0.4, 0.5) is 5.82 Å². The lowest BCUT2D eigenvalue weighted by molar-refractivity contribution is 0.102. The maximum Gasteiger partial charge on any atom is 0.256 e. The van der Waals surface area contributed by atoms with Crippen molar-refractivity contribution in [2.75, 3.05) is 5.32 Å². The van der Waals surface area contributed by atoms with Gasteiger partial charge in [0.15, 0.2) is 5.82 Å². The van der Waals surface area contributed by atoms with Gasteiger partial charge in [0.1, 0.15) is 4.60 Å². The Bertz CT molecular complexity index is 581. The number of rotatable bonds is 2. The van der Waals surface area contributed by atoms with E-state index in [1.807, 2.05) is 26.0 Å². The number of halogens is 1. The van der Waals surface area contributed by atoms with Crippen LogP contribution in [0.1, 0.15) is 21.5 Å². The number of hydrogen-bond donors (Lipinski definition) is 1. The van der Waals surface area contributed by atoms with Crippen LogP contribution >= 0.6 is 15.9 Å². The standard InChI is InChI=1S/C13H12BrN3O/c1-8-3-4-10(5-9(8)2)13(18)17-12-7-15-11(14)6-16-12/h3-7H,1-2H3,(H,16,17,18). The fourth-order valence-electron chi connectivity index (χ4n) is 1.45. The maximum absolute atomic E-state index is 12.0. The highest BCUT2D eigenvalue weighted by Crippen LogP contribution is 2.12. The van der Waals surface area contributed by atoms with Gasteiger partial charge in [-0.05, 0) is 53.0 Å². The zero-order valence-corrected chi connectivity index (χ0v) is 11.7. The average molecular weight is 306 g/mol. The lowest BCUT2D eigenvalue weighted by atomic mass is 10.1. The quantitative estimate of drug-likeness (QED) is 0.927. The van der Waals surface area contributed by atoms with Crippen molar-refractivity contribution in [2.45, 2.75) is 13.8 Å². The molecular formula is C13H12BrN3O. The van der Waals surface area contributed by atoms with Gasteiger partial charge in [0.25, 0.3) is 5.91 Å². The molecule has 0 spiro atoms. The van der Waals surface area contributed by atoms with Gasteiger partial charge < -0.3 is 5.32 Å². The second-order valence-electron chi connectivity index (χ2n) is 3.98. The van der Waals surface area contributed by atoms with Crippen molar-refractivity contribution in [3.63, 3.8) is 0 Å². The SMILES string of the molecule is Cc1ccc(C(=O)Nc2cnc(Br)cn2)cc1C. The molecule has 0 atom stereocenters. The molecule has 18 heavy (non-hydrogen) atoms. The first-order chi connectivity index (χ1) is 8.56. The highest BCUT2D eigenvalue weighted by molar-refractivity contribution is 9.10. The third-order valence-corrected chi connectivity index (χ3v) is 3.04. The highest BCUT2D eigenvalue weighted by Gasteiger charge is 2.07. The third kappa shape index (κ3) is 2.92. The van der Waals surface area contributed by atoms with Crippen molar-refractivity contribution in [2.24, 2.45) is 0 Å². The molecule has 0 bridgehead atoms. The van der Waals surface area contributed by atoms with E-state index in [-0.39, 0.29) is 5.91 Å². The second kappa shape index (κ2) is 5.27. The van der Waals surface area contributed by atoms with E-state index < -0.39 is 0 Å². The van der Waals surface area contributed by atoms with E-state index >= 15 is 0 Å². The van der Waals surface area contributed by atoms with E-state index in [2.05, 4.69) is 31.2 Å². The molecule has 5 heteroatoms. The number of nitrogens with one attached hydrogen (secondary N) is 1. The fourth-order valence-corrected chi connectivity index (χ4v) is 1.65. The van der Waals surface area contributed by atoms with Crippen molar-refractivity contribution in [1.82, 2.24) is 9.97 Å². The summed E-state index contributed by atoms with van der Waals surface area (Å²) in [5, 5.41) is 2.70. The normalized spacial score (nSPS) is 10.2. The number of anilines is 1. The molecule has 2 rings (SSSR count). The zero-order chi connectivity index (χ0) is 13.1. The minimum absolute atomic E-state index is 0.185. The summed E-state index contributed by atoms with van der Waals surface area (Å²) in [6, 6.07) is 5.58. The van der Waals surface area contributed by atoms with Crippen molar-refractivity contribution in [3.05, 3.63) is 51.9 Å². The molecule has 1 aromatic carbocycles. The molecule has 1 amide bonds. The molecule has 2 aromatic rings. The maximum atomic E-state index is 12.0. The predicted molar refractivity (Wildman–Crippen MR) is 73.6 cm³/mol. The van der Waals surface area contributed by atoms with Crippen LogP contribution in [0.5, 0.6) is 0 Å². The molecule has 1 heterocycles. The van der Waals surface area contributed by atoms with Gasteiger partial charge in [0.05, 0.1) is 12.4 Å². The minimum Gasteiger partial charge on any atom is -0.305 e. The van der Waals surface area contributed by atoms with E-state index in [1.165, 1.54) is 12.4 Å². The Balaban J connectivity index is 2.16. The van der Waals surface area contributed by atoms with Crippen molar-refractivity contribution < 1.29 is 4.79 Å². The number of hydrogen-bond acceptors (Lipinski definition) is 3. The molecule has 1 aromatic heterocycles. The van der Waals surface area contributed by atoms with Crippen LogP contribution in [0.25, 0.3) is 0 Å². The number of nitrogens with zero attached hydrogens (tertiary/aromatic N) is 2. The van der Waals surface area contributed by atoms with Crippen LogP contribution in [0.3, 0.4) is 0 Å². The Hall–Kier alpha value is -1.75. The first-order valence-electron chi connectivity index (χ1n) is 5.42. The molecule has 92 valence electrons. The van der Waals surface area contributed by atoms with Gasteiger partial charge in [0.2, 0.25) is 0 Å². The molecule has 0 aliphatic carbocycles. The molecular weight excluding hydrogens is 294 g/mol. The Morgan fingerprint density at radius 1 is 1.17 bits per heavy atom. The molecule has 0 radical (unpaired) electrons. The van der Waals surface area contributed by atoms with E-state index in [0.717, 1.165) is 11.1 Å². The molecule has 0 saturated heterocycles. The van der Waals surface area contributed by atoms with Gasteiger partial charge in [-0.15, -0.1) is 0 Å². The molecule has 0 fully saturated rings. The second-order valence-corrected chi connectivity index (χ2v) is 4.79. The molecule has 0 aliphatic heterocycles. The van der Waals surface area contributed by atoms with E-state index in [9.17, 15) is 4.79 Å².